The molecular weight excluding hydrogens is 444 g/mol. The molecule has 4 rings (SSSR count). The molecule has 1 saturated carbocycles. The number of fused-ring (bicyclic) bond motifs is 3. The number of carbonyl (C=O) groups excluding carboxylic acids is 2. The molecule has 7 nitrogen and oxygen atoms in total. The number of amides is 2. The van der Waals surface area contributed by atoms with Gasteiger partial charge in [-0.05, 0) is 53.4 Å². The van der Waals surface area contributed by atoms with Crippen LogP contribution in [0.1, 0.15) is 63.0 Å². The minimum Gasteiger partial charge on any atom is -0.481 e. The molecule has 2 aromatic carbocycles. The van der Waals surface area contributed by atoms with Crippen molar-refractivity contribution in [3.63, 3.8) is 0 Å². The Hall–Kier alpha value is -3.35. The van der Waals surface area contributed by atoms with E-state index in [4.69, 9.17) is 4.74 Å². The van der Waals surface area contributed by atoms with E-state index in [1.165, 1.54) is 0 Å². The van der Waals surface area contributed by atoms with Gasteiger partial charge in [0.1, 0.15) is 12.6 Å². The lowest BCUT2D eigenvalue weighted by atomic mass is 9.78. The monoisotopic (exact) mass is 478 g/mol. The molecule has 2 amide bonds. The number of rotatable bonds is 10. The van der Waals surface area contributed by atoms with E-state index in [0.717, 1.165) is 41.5 Å². The van der Waals surface area contributed by atoms with Gasteiger partial charge in [-0.15, -0.1) is 0 Å². The van der Waals surface area contributed by atoms with Gasteiger partial charge in [0.05, 0.1) is 6.42 Å². The zero-order valence-electron chi connectivity index (χ0n) is 20.3. The van der Waals surface area contributed by atoms with Crippen LogP contribution in [-0.4, -0.2) is 41.8 Å². The van der Waals surface area contributed by atoms with E-state index in [0.29, 0.717) is 6.42 Å². The fourth-order valence-corrected chi connectivity index (χ4v) is 5.13. The van der Waals surface area contributed by atoms with Crippen LogP contribution in [0.4, 0.5) is 4.79 Å². The van der Waals surface area contributed by atoms with Crippen molar-refractivity contribution in [3.05, 3.63) is 59.7 Å². The third kappa shape index (κ3) is 5.84. The summed E-state index contributed by atoms with van der Waals surface area (Å²) in [6.45, 7) is 4.11. The van der Waals surface area contributed by atoms with Gasteiger partial charge in [-0.25, -0.2) is 4.79 Å². The molecule has 2 aliphatic rings. The zero-order valence-corrected chi connectivity index (χ0v) is 20.3. The normalized spacial score (nSPS) is 16.5. The largest absolute Gasteiger partial charge is 0.481 e. The molecule has 2 aliphatic carbocycles. The summed E-state index contributed by atoms with van der Waals surface area (Å²) in [6, 6.07) is 15.0. The average Bonchev–Trinajstić information content (AvgIpc) is 3.09. The highest BCUT2D eigenvalue weighted by Gasteiger charge is 2.33. The lowest BCUT2D eigenvalue weighted by molar-refractivity contribution is -0.138. The Kier molecular flexibility index (Phi) is 7.73. The van der Waals surface area contributed by atoms with Crippen LogP contribution in [0.3, 0.4) is 0 Å². The van der Waals surface area contributed by atoms with Gasteiger partial charge in [0.2, 0.25) is 5.91 Å². The number of carboxylic acid groups (broad SMARTS) is 1. The van der Waals surface area contributed by atoms with E-state index in [9.17, 15) is 19.5 Å². The fraction of sp³-hybridized carbons (Fsp3) is 0.464. The molecular formula is C28H34N2O5. The van der Waals surface area contributed by atoms with E-state index in [-0.39, 0.29) is 36.7 Å². The summed E-state index contributed by atoms with van der Waals surface area (Å²) in [5.41, 5.74) is 4.54. The number of nitrogens with one attached hydrogen (secondary N) is 2. The van der Waals surface area contributed by atoms with Crippen molar-refractivity contribution < 1.29 is 24.2 Å². The van der Waals surface area contributed by atoms with Gasteiger partial charge in [-0.3, -0.25) is 9.59 Å². The number of ether oxygens (including phenoxy) is 1. The Morgan fingerprint density at radius 3 is 2.09 bits per heavy atom. The van der Waals surface area contributed by atoms with Crippen LogP contribution in [0.5, 0.6) is 0 Å². The summed E-state index contributed by atoms with van der Waals surface area (Å²) in [7, 11) is 0. The van der Waals surface area contributed by atoms with Crippen molar-refractivity contribution in [1.82, 2.24) is 10.6 Å². The predicted molar refractivity (Wildman–Crippen MR) is 133 cm³/mol. The maximum Gasteiger partial charge on any atom is 0.407 e. The van der Waals surface area contributed by atoms with Crippen LogP contribution < -0.4 is 10.6 Å². The van der Waals surface area contributed by atoms with E-state index in [2.05, 4.69) is 34.9 Å². The molecule has 2 aromatic rings. The second-order valence-corrected chi connectivity index (χ2v) is 10.1. The second kappa shape index (κ2) is 10.9. The molecule has 1 fully saturated rings. The van der Waals surface area contributed by atoms with Gasteiger partial charge in [-0.1, -0.05) is 68.8 Å². The van der Waals surface area contributed by atoms with Gasteiger partial charge in [0.25, 0.3) is 0 Å². The van der Waals surface area contributed by atoms with E-state index >= 15 is 0 Å². The van der Waals surface area contributed by atoms with Crippen molar-refractivity contribution in [2.45, 2.75) is 64.0 Å². The average molecular weight is 479 g/mol. The van der Waals surface area contributed by atoms with Crippen LogP contribution in [-0.2, 0) is 14.3 Å². The fourth-order valence-electron chi connectivity index (χ4n) is 5.13. The number of aliphatic carboxylic acids is 1. The molecule has 3 N–H and O–H groups in total. The molecule has 0 saturated heterocycles. The summed E-state index contributed by atoms with van der Waals surface area (Å²) in [4.78, 5) is 37.1. The van der Waals surface area contributed by atoms with E-state index < -0.39 is 24.1 Å². The lowest BCUT2D eigenvalue weighted by Gasteiger charge is -2.34. The van der Waals surface area contributed by atoms with Crippen LogP contribution in [0.15, 0.2) is 48.5 Å². The highest BCUT2D eigenvalue weighted by Crippen LogP contribution is 2.44. The molecule has 0 radical (unpaired) electrons. The summed E-state index contributed by atoms with van der Waals surface area (Å²) in [5, 5.41) is 14.9. The molecule has 7 heteroatoms. The highest BCUT2D eigenvalue weighted by molar-refractivity contribution is 5.86. The van der Waals surface area contributed by atoms with Crippen LogP contribution >= 0.6 is 0 Å². The Morgan fingerprint density at radius 2 is 1.57 bits per heavy atom. The summed E-state index contributed by atoms with van der Waals surface area (Å²) in [5.74, 6) is -1.04. The predicted octanol–water partition coefficient (Wildman–Crippen LogP) is 4.70. The van der Waals surface area contributed by atoms with Crippen molar-refractivity contribution in [2.75, 3.05) is 6.61 Å². The minimum atomic E-state index is -0.938. The number of carboxylic acids is 1. The zero-order chi connectivity index (χ0) is 24.9. The molecule has 0 aromatic heterocycles. The topological polar surface area (TPSA) is 105 Å². The van der Waals surface area contributed by atoms with Gasteiger partial charge >= 0.3 is 12.1 Å². The van der Waals surface area contributed by atoms with Crippen LogP contribution in [0.25, 0.3) is 11.1 Å². The third-order valence-corrected chi connectivity index (χ3v) is 7.10. The first-order chi connectivity index (χ1) is 16.8. The summed E-state index contributed by atoms with van der Waals surface area (Å²) in [6.07, 6.45) is 2.53. The number of hydrogen-bond donors (Lipinski definition) is 3. The molecule has 0 aliphatic heterocycles. The maximum absolute atomic E-state index is 13.1. The van der Waals surface area contributed by atoms with E-state index in [1.807, 2.05) is 38.1 Å². The Bertz CT molecular complexity index is 1030. The first-order valence-corrected chi connectivity index (χ1v) is 12.5. The smallest absolute Gasteiger partial charge is 0.407 e. The molecule has 2 atom stereocenters. The van der Waals surface area contributed by atoms with Gasteiger partial charge < -0.3 is 20.5 Å². The van der Waals surface area contributed by atoms with Crippen molar-refractivity contribution in [1.29, 1.82) is 0 Å². The number of alkyl carbamates (subject to hydrolysis) is 1. The first kappa shape index (κ1) is 24.8. The highest BCUT2D eigenvalue weighted by atomic mass is 16.5. The Morgan fingerprint density at radius 1 is 0.971 bits per heavy atom. The maximum atomic E-state index is 13.1. The Balaban J connectivity index is 1.40. The molecule has 186 valence electrons. The third-order valence-electron chi connectivity index (χ3n) is 7.10. The van der Waals surface area contributed by atoms with Crippen molar-refractivity contribution in [3.8, 4) is 11.1 Å². The molecule has 0 heterocycles. The standard InChI is InChI=1S/C28H34N2O5/c1-17(2)14-25(27(33)29-24(15-26(31)32)18-8-7-9-18)30-28(34)35-16-23-21-12-5-3-10-19(21)20-11-4-6-13-22(20)23/h3-6,10-13,17-18,23-25H,7-9,14-16H2,1-2H3,(H,29,33)(H,30,34)(H,31,32). The molecule has 2 unspecified atom stereocenters. The minimum absolute atomic E-state index is 0.0657. The Labute approximate surface area is 206 Å². The first-order valence-electron chi connectivity index (χ1n) is 12.5. The second-order valence-electron chi connectivity index (χ2n) is 10.1. The lowest BCUT2D eigenvalue weighted by Crippen LogP contribution is -2.53. The van der Waals surface area contributed by atoms with Crippen molar-refractivity contribution in [2.24, 2.45) is 11.8 Å². The number of hydrogen-bond acceptors (Lipinski definition) is 4. The molecule has 35 heavy (non-hydrogen) atoms. The number of benzene rings is 2. The number of carbonyl (C=O) groups is 3. The van der Waals surface area contributed by atoms with Crippen LogP contribution in [0.2, 0.25) is 0 Å². The quantitative estimate of drug-likeness (QED) is 0.459. The van der Waals surface area contributed by atoms with Gasteiger partial charge in [0, 0.05) is 12.0 Å². The SMILES string of the molecule is CC(C)CC(NC(=O)OCC1c2ccccc2-c2ccccc21)C(=O)NC(CC(=O)O)C1CCC1. The summed E-state index contributed by atoms with van der Waals surface area (Å²) >= 11 is 0. The van der Waals surface area contributed by atoms with Gasteiger partial charge in [0.15, 0.2) is 0 Å². The molecule has 0 bridgehead atoms. The van der Waals surface area contributed by atoms with Gasteiger partial charge in [-0.2, -0.15) is 0 Å². The van der Waals surface area contributed by atoms with E-state index in [1.54, 1.807) is 0 Å². The van der Waals surface area contributed by atoms with Crippen LogP contribution in [0, 0.1) is 11.8 Å². The van der Waals surface area contributed by atoms with Crippen molar-refractivity contribution >= 4 is 18.0 Å². The molecule has 0 spiro atoms. The summed E-state index contributed by atoms with van der Waals surface area (Å²) < 4.78 is 5.63.